The van der Waals surface area contributed by atoms with Crippen molar-refractivity contribution in [3.05, 3.63) is 76.6 Å². The highest BCUT2D eigenvalue weighted by Crippen LogP contribution is 2.35. The molecule has 0 radical (unpaired) electrons. The van der Waals surface area contributed by atoms with Crippen LogP contribution in [0.2, 0.25) is 0 Å². The number of rotatable bonds is 6. The molecule has 1 aromatic carbocycles. The zero-order valence-corrected chi connectivity index (χ0v) is 17.6. The zero-order valence-electron chi connectivity index (χ0n) is 16.0. The number of thiophene rings is 1. The largest absolute Gasteiger partial charge is 0.467 e. The van der Waals surface area contributed by atoms with Gasteiger partial charge >= 0.3 is 0 Å². The quantitative estimate of drug-likeness (QED) is 0.381. The average Bonchev–Trinajstić information content (AvgIpc) is 3.57. The van der Waals surface area contributed by atoms with Gasteiger partial charge in [0.15, 0.2) is 0 Å². The summed E-state index contributed by atoms with van der Waals surface area (Å²) in [4.78, 5) is 14.0. The second-order valence-corrected chi connectivity index (χ2v) is 8.51. The molecule has 0 aliphatic carbocycles. The number of hydrogen-bond acceptors (Lipinski definition) is 8. The van der Waals surface area contributed by atoms with Crippen LogP contribution in [0, 0.1) is 5.82 Å². The predicted octanol–water partition coefficient (Wildman–Crippen LogP) is 5.00. The number of thioether (sulfide) groups is 1. The molecule has 0 bridgehead atoms. The maximum absolute atomic E-state index is 13.9. The molecule has 4 heterocycles. The standard InChI is InChI=1S/C21H15FN4O3S2/c22-14-6-2-1-5-13(14)20-23-24-21(29-20)31-12-19(27)26-16(17-7-3-9-28-17)11-15(25-26)18-8-4-10-30-18/h1-10,16H,11-12H2/t16-/m0/s1. The van der Waals surface area contributed by atoms with Crippen molar-refractivity contribution in [1.82, 2.24) is 15.2 Å². The van der Waals surface area contributed by atoms with Crippen LogP contribution in [0.1, 0.15) is 23.1 Å². The molecule has 3 aromatic heterocycles. The van der Waals surface area contributed by atoms with Gasteiger partial charge < -0.3 is 8.83 Å². The summed E-state index contributed by atoms with van der Waals surface area (Å²) in [6, 6.07) is 13.4. The molecule has 0 spiro atoms. The van der Waals surface area contributed by atoms with Gasteiger partial charge in [0, 0.05) is 6.42 Å². The molecule has 1 aliphatic rings. The minimum absolute atomic E-state index is 0.0390. The maximum atomic E-state index is 13.9. The number of nitrogens with zero attached hydrogens (tertiary/aromatic N) is 4. The van der Waals surface area contributed by atoms with Crippen molar-refractivity contribution in [2.75, 3.05) is 5.75 Å². The SMILES string of the molecule is O=C(CSc1nnc(-c2ccccc2F)o1)N1N=C(c2cccs2)C[C@H]1c1ccco1. The molecule has 4 aromatic rings. The van der Waals surface area contributed by atoms with Crippen LogP contribution in [0.5, 0.6) is 0 Å². The van der Waals surface area contributed by atoms with Gasteiger partial charge in [0.05, 0.1) is 28.2 Å². The third-order valence-corrected chi connectivity index (χ3v) is 6.40. The van der Waals surface area contributed by atoms with E-state index in [0.29, 0.717) is 12.2 Å². The first-order valence-corrected chi connectivity index (χ1v) is 11.2. The number of benzene rings is 1. The Hall–Kier alpha value is -3.24. The van der Waals surface area contributed by atoms with E-state index in [-0.39, 0.29) is 34.4 Å². The van der Waals surface area contributed by atoms with Crippen LogP contribution >= 0.6 is 23.1 Å². The minimum Gasteiger partial charge on any atom is -0.467 e. The lowest BCUT2D eigenvalue weighted by Gasteiger charge is -2.19. The number of furan rings is 1. The van der Waals surface area contributed by atoms with Crippen LogP contribution in [0.4, 0.5) is 4.39 Å². The van der Waals surface area contributed by atoms with Crippen molar-refractivity contribution < 1.29 is 18.0 Å². The van der Waals surface area contributed by atoms with E-state index in [0.717, 1.165) is 22.4 Å². The van der Waals surface area contributed by atoms with E-state index in [1.165, 1.54) is 11.1 Å². The Labute approximate surface area is 184 Å². The second-order valence-electron chi connectivity index (χ2n) is 6.64. The molecule has 10 heteroatoms. The van der Waals surface area contributed by atoms with Gasteiger partial charge in [-0.1, -0.05) is 30.0 Å². The first-order chi connectivity index (χ1) is 15.2. The number of carbonyl (C=O) groups excluding carboxylic acids is 1. The first kappa shape index (κ1) is 19.7. The van der Waals surface area contributed by atoms with Crippen LogP contribution in [0.15, 0.2) is 79.3 Å². The number of amides is 1. The van der Waals surface area contributed by atoms with Crippen molar-refractivity contribution in [2.24, 2.45) is 5.10 Å². The Morgan fingerprint density at radius 3 is 2.87 bits per heavy atom. The van der Waals surface area contributed by atoms with E-state index >= 15 is 0 Å². The smallest absolute Gasteiger partial charge is 0.277 e. The lowest BCUT2D eigenvalue weighted by atomic mass is 10.1. The number of hydrazone groups is 1. The van der Waals surface area contributed by atoms with Crippen LogP contribution in [0.3, 0.4) is 0 Å². The lowest BCUT2D eigenvalue weighted by Crippen LogP contribution is -2.28. The van der Waals surface area contributed by atoms with Crippen LogP contribution in [-0.4, -0.2) is 32.6 Å². The van der Waals surface area contributed by atoms with Crippen molar-refractivity contribution >= 4 is 34.7 Å². The highest BCUT2D eigenvalue weighted by atomic mass is 32.2. The molecule has 1 amide bonds. The third kappa shape index (κ3) is 4.04. The van der Waals surface area contributed by atoms with Crippen molar-refractivity contribution in [3.63, 3.8) is 0 Å². The minimum atomic E-state index is -0.451. The van der Waals surface area contributed by atoms with E-state index < -0.39 is 5.82 Å². The van der Waals surface area contributed by atoms with E-state index in [2.05, 4.69) is 15.3 Å². The normalized spacial score (nSPS) is 16.0. The van der Waals surface area contributed by atoms with Gasteiger partial charge in [-0.3, -0.25) is 4.79 Å². The number of halogens is 1. The Morgan fingerprint density at radius 2 is 2.10 bits per heavy atom. The highest BCUT2D eigenvalue weighted by Gasteiger charge is 2.35. The summed E-state index contributed by atoms with van der Waals surface area (Å²) in [6.45, 7) is 0. The van der Waals surface area contributed by atoms with Crippen molar-refractivity contribution in [2.45, 2.75) is 17.7 Å². The Morgan fingerprint density at radius 1 is 1.19 bits per heavy atom. The molecule has 5 rings (SSSR count). The summed E-state index contributed by atoms with van der Waals surface area (Å²) in [5.74, 6) is 0.113. The van der Waals surface area contributed by atoms with Gasteiger partial charge in [-0.15, -0.1) is 21.5 Å². The zero-order chi connectivity index (χ0) is 21.2. The maximum Gasteiger partial charge on any atom is 0.277 e. The Balaban J connectivity index is 1.31. The van der Waals surface area contributed by atoms with E-state index in [9.17, 15) is 9.18 Å². The molecule has 1 atom stereocenters. The molecule has 0 fully saturated rings. The van der Waals surface area contributed by atoms with Crippen LogP contribution in [0.25, 0.3) is 11.5 Å². The molecule has 0 N–H and O–H groups in total. The summed E-state index contributed by atoms with van der Waals surface area (Å²) in [6.07, 6.45) is 2.15. The number of carbonyl (C=O) groups is 1. The monoisotopic (exact) mass is 454 g/mol. The fourth-order valence-electron chi connectivity index (χ4n) is 3.24. The Bertz CT molecular complexity index is 1220. The van der Waals surface area contributed by atoms with Gasteiger partial charge in [0.2, 0.25) is 0 Å². The third-order valence-electron chi connectivity index (χ3n) is 4.67. The molecular formula is C21H15FN4O3S2. The van der Waals surface area contributed by atoms with Crippen molar-refractivity contribution in [1.29, 1.82) is 0 Å². The highest BCUT2D eigenvalue weighted by molar-refractivity contribution is 7.99. The summed E-state index contributed by atoms with van der Waals surface area (Å²) < 4.78 is 25.0. The molecule has 0 unspecified atom stereocenters. The summed E-state index contributed by atoms with van der Waals surface area (Å²) >= 11 is 2.66. The summed E-state index contributed by atoms with van der Waals surface area (Å²) in [5.41, 5.74) is 1.06. The van der Waals surface area contributed by atoms with Crippen molar-refractivity contribution in [3.8, 4) is 11.5 Å². The van der Waals surface area contributed by atoms with E-state index in [1.807, 2.05) is 23.6 Å². The van der Waals surface area contributed by atoms with Gasteiger partial charge in [0.25, 0.3) is 17.0 Å². The van der Waals surface area contributed by atoms with Gasteiger partial charge in [0.1, 0.15) is 17.6 Å². The second kappa shape index (κ2) is 8.48. The summed E-state index contributed by atoms with van der Waals surface area (Å²) in [5, 5.41) is 16.0. The van der Waals surface area contributed by atoms with Gasteiger partial charge in [-0.25, -0.2) is 9.40 Å². The Kier molecular flexibility index (Phi) is 5.39. The molecule has 156 valence electrons. The average molecular weight is 455 g/mol. The number of aromatic nitrogens is 2. The molecule has 0 saturated carbocycles. The topological polar surface area (TPSA) is 84.7 Å². The molecule has 1 aliphatic heterocycles. The lowest BCUT2D eigenvalue weighted by molar-refractivity contribution is -0.130. The van der Waals surface area contributed by atoms with E-state index in [1.54, 1.807) is 41.9 Å². The fourth-order valence-corrected chi connectivity index (χ4v) is 4.57. The fraction of sp³-hybridized carbons (Fsp3) is 0.143. The molecule has 31 heavy (non-hydrogen) atoms. The van der Waals surface area contributed by atoms with E-state index in [4.69, 9.17) is 8.83 Å². The summed E-state index contributed by atoms with van der Waals surface area (Å²) in [7, 11) is 0. The van der Waals surface area contributed by atoms with Gasteiger partial charge in [-0.2, -0.15) is 5.10 Å². The molecular weight excluding hydrogens is 439 g/mol. The van der Waals surface area contributed by atoms with Crippen LogP contribution < -0.4 is 0 Å². The molecule has 0 saturated heterocycles. The number of hydrogen-bond donors (Lipinski definition) is 0. The first-order valence-electron chi connectivity index (χ1n) is 9.37. The van der Waals surface area contributed by atoms with Crippen LogP contribution in [-0.2, 0) is 4.79 Å². The van der Waals surface area contributed by atoms with Gasteiger partial charge in [-0.05, 0) is 35.7 Å². The predicted molar refractivity (Wildman–Crippen MR) is 114 cm³/mol. The molecule has 7 nitrogen and oxygen atoms in total.